The molecule has 0 atom stereocenters. The fourth-order valence-electron chi connectivity index (χ4n) is 3.18. The molecule has 2 heterocycles. The standard InChI is InChI=1S/C20H21N3O2/c1-2-24-18-9-7-16(8-10-18)20-21-19(25-22-20)14-23-12-11-15-5-3-4-6-17(15)13-23/h3-10H,2,11-14H2,1H3. The quantitative estimate of drug-likeness (QED) is 0.712. The van der Waals surface area contributed by atoms with Crippen molar-refractivity contribution in [2.45, 2.75) is 26.4 Å². The number of nitrogens with zero attached hydrogens (tertiary/aromatic N) is 3. The molecule has 5 nitrogen and oxygen atoms in total. The summed E-state index contributed by atoms with van der Waals surface area (Å²) in [6.45, 7) is 5.25. The van der Waals surface area contributed by atoms with Crippen molar-refractivity contribution in [3.8, 4) is 17.1 Å². The zero-order valence-corrected chi connectivity index (χ0v) is 14.3. The Morgan fingerprint density at radius 3 is 2.68 bits per heavy atom. The highest BCUT2D eigenvalue weighted by atomic mass is 16.5. The van der Waals surface area contributed by atoms with E-state index in [0.717, 1.165) is 30.8 Å². The molecule has 25 heavy (non-hydrogen) atoms. The van der Waals surface area contributed by atoms with Crippen LogP contribution in [-0.4, -0.2) is 28.2 Å². The van der Waals surface area contributed by atoms with Crippen LogP contribution in [0.1, 0.15) is 23.9 Å². The van der Waals surface area contributed by atoms with Crippen molar-refractivity contribution < 1.29 is 9.26 Å². The summed E-state index contributed by atoms with van der Waals surface area (Å²) >= 11 is 0. The lowest BCUT2D eigenvalue weighted by Crippen LogP contribution is -2.30. The third kappa shape index (κ3) is 3.56. The van der Waals surface area contributed by atoms with Gasteiger partial charge in [-0.05, 0) is 48.7 Å². The number of rotatable bonds is 5. The number of hydrogen-bond acceptors (Lipinski definition) is 5. The normalized spacial score (nSPS) is 14.3. The second-order valence-electron chi connectivity index (χ2n) is 6.20. The summed E-state index contributed by atoms with van der Waals surface area (Å²) in [4.78, 5) is 6.89. The van der Waals surface area contributed by atoms with Gasteiger partial charge in [0.15, 0.2) is 0 Å². The van der Waals surface area contributed by atoms with E-state index in [1.807, 2.05) is 31.2 Å². The van der Waals surface area contributed by atoms with E-state index in [4.69, 9.17) is 9.26 Å². The lowest BCUT2D eigenvalue weighted by atomic mass is 10.00. The minimum absolute atomic E-state index is 0.621. The molecule has 0 bridgehead atoms. The maximum Gasteiger partial charge on any atom is 0.241 e. The number of aromatic nitrogens is 2. The Kier molecular flexibility index (Phi) is 4.48. The van der Waals surface area contributed by atoms with Crippen LogP contribution in [-0.2, 0) is 19.5 Å². The molecule has 0 saturated carbocycles. The predicted octanol–water partition coefficient (Wildman–Crippen LogP) is 3.69. The number of hydrogen-bond donors (Lipinski definition) is 0. The van der Waals surface area contributed by atoms with Crippen LogP contribution in [0.3, 0.4) is 0 Å². The van der Waals surface area contributed by atoms with Gasteiger partial charge in [-0.3, -0.25) is 4.90 Å². The first kappa shape index (κ1) is 15.8. The van der Waals surface area contributed by atoms with E-state index in [9.17, 15) is 0 Å². The van der Waals surface area contributed by atoms with Crippen LogP contribution in [0.2, 0.25) is 0 Å². The first-order chi connectivity index (χ1) is 12.3. The topological polar surface area (TPSA) is 51.4 Å². The van der Waals surface area contributed by atoms with E-state index >= 15 is 0 Å². The Hall–Kier alpha value is -2.66. The Bertz CT molecular complexity index is 842. The molecule has 0 fully saturated rings. The molecule has 0 radical (unpaired) electrons. The maximum atomic E-state index is 5.46. The first-order valence-electron chi connectivity index (χ1n) is 8.67. The van der Waals surface area contributed by atoms with Gasteiger partial charge in [0, 0.05) is 18.7 Å². The molecule has 0 unspecified atom stereocenters. The van der Waals surface area contributed by atoms with Crippen molar-refractivity contribution in [2.24, 2.45) is 0 Å². The smallest absolute Gasteiger partial charge is 0.241 e. The Balaban J connectivity index is 1.43. The molecule has 1 aliphatic rings. The Morgan fingerprint density at radius 2 is 1.88 bits per heavy atom. The van der Waals surface area contributed by atoms with E-state index < -0.39 is 0 Å². The van der Waals surface area contributed by atoms with Gasteiger partial charge in [0.25, 0.3) is 0 Å². The largest absolute Gasteiger partial charge is 0.494 e. The molecule has 0 N–H and O–H groups in total. The molecule has 4 rings (SSSR count). The molecule has 0 spiro atoms. The van der Waals surface area contributed by atoms with Crippen molar-refractivity contribution in [1.82, 2.24) is 15.0 Å². The zero-order valence-electron chi connectivity index (χ0n) is 14.3. The average molecular weight is 335 g/mol. The van der Waals surface area contributed by atoms with E-state index in [1.54, 1.807) is 0 Å². The summed E-state index contributed by atoms with van der Waals surface area (Å²) in [5.74, 6) is 2.13. The van der Waals surface area contributed by atoms with Crippen molar-refractivity contribution in [3.63, 3.8) is 0 Å². The van der Waals surface area contributed by atoms with Gasteiger partial charge < -0.3 is 9.26 Å². The monoisotopic (exact) mass is 335 g/mol. The SMILES string of the molecule is CCOc1ccc(-c2noc(CN3CCc4ccccc4C3)n2)cc1. The maximum absolute atomic E-state index is 5.46. The van der Waals surface area contributed by atoms with Crippen LogP contribution in [0.4, 0.5) is 0 Å². The predicted molar refractivity (Wildman–Crippen MR) is 95.2 cm³/mol. The number of fused-ring (bicyclic) bond motifs is 1. The van der Waals surface area contributed by atoms with Crippen LogP contribution in [0.25, 0.3) is 11.4 Å². The average Bonchev–Trinajstić information content (AvgIpc) is 3.11. The van der Waals surface area contributed by atoms with Gasteiger partial charge in [0.1, 0.15) is 5.75 Å². The molecule has 1 aliphatic heterocycles. The fraction of sp³-hybridized carbons (Fsp3) is 0.300. The summed E-state index contributed by atoms with van der Waals surface area (Å²) in [5, 5.41) is 4.12. The number of benzene rings is 2. The van der Waals surface area contributed by atoms with E-state index in [2.05, 4.69) is 39.3 Å². The zero-order chi connectivity index (χ0) is 17.1. The Morgan fingerprint density at radius 1 is 1.08 bits per heavy atom. The molecule has 1 aromatic heterocycles. The van der Waals surface area contributed by atoms with Gasteiger partial charge in [-0.2, -0.15) is 4.98 Å². The van der Waals surface area contributed by atoms with E-state index in [-0.39, 0.29) is 0 Å². The highest BCUT2D eigenvalue weighted by Gasteiger charge is 2.18. The lowest BCUT2D eigenvalue weighted by Gasteiger charge is -2.27. The minimum Gasteiger partial charge on any atom is -0.494 e. The third-order valence-corrected chi connectivity index (χ3v) is 4.46. The van der Waals surface area contributed by atoms with E-state index in [0.29, 0.717) is 24.9 Å². The molecule has 2 aromatic carbocycles. The molecule has 0 amide bonds. The lowest BCUT2D eigenvalue weighted by molar-refractivity contribution is 0.210. The van der Waals surface area contributed by atoms with Crippen LogP contribution in [0.15, 0.2) is 53.1 Å². The van der Waals surface area contributed by atoms with Gasteiger partial charge in [-0.25, -0.2) is 0 Å². The van der Waals surface area contributed by atoms with Crippen LogP contribution >= 0.6 is 0 Å². The molecule has 0 aliphatic carbocycles. The van der Waals surface area contributed by atoms with Gasteiger partial charge in [0.05, 0.1) is 13.2 Å². The van der Waals surface area contributed by atoms with Crippen molar-refractivity contribution in [1.29, 1.82) is 0 Å². The second kappa shape index (κ2) is 7.07. The summed E-state index contributed by atoms with van der Waals surface area (Å²) in [6, 6.07) is 16.4. The van der Waals surface area contributed by atoms with Crippen molar-refractivity contribution in [2.75, 3.05) is 13.2 Å². The van der Waals surface area contributed by atoms with Crippen LogP contribution < -0.4 is 4.74 Å². The second-order valence-corrected chi connectivity index (χ2v) is 6.20. The van der Waals surface area contributed by atoms with Gasteiger partial charge in [-0.15, -0.1) is 0 Å². The summed E-state index contributed by atoms with van der Waals surface area (Å²) in [6.07, 6.45) is 1.07. The summed E-state index contributed by atoms with van der Waals surface area (Å²) < 4.78 is 10.9. The molecule has 3 aromatic rings. The van der Waals surface area contributed by atoms with E-state index in [1.165, 1.54) is 11.1 Å². The molecule has 0 saturated heterocycles. The third-order valence-electron chi connectivity index (χ3n) is 4.46. The Labute approximate surface area is 147 Å². The molecular weight excluding hydrogens is 314 g/mol. The molecular formula is C20H21N3O2. The van der Waals surface area contributed by atoms with Gasteiger partial charge in [0.2, 0.25) is 11.7 Å². The summed E-state index contributed by atoms with van der Waals surface area (Å²) in [7, 11) is 0. The molecule has 5 heteroatoms. The van der Waals surface area contributed by atoms with Crippen molar-refractivity contribution in [3.05, 3.63) is 65.5 Å². The summed E-state index contributed by atoms with van der Waals surface area (Å²) in [5.41, 5.74) is 3.77. The fourth-order valence-corrected chi connectivity index (χ4v) is 3.18. The van der Waals surface area contributed by atoms with Crippen LogP contribution in [0, 0.1) is 0 Å². The van der Waals surface area contributed by atoms with Crippen LogP contribution in [0.5, 0.6) is 5.75 Å². The highest BCUT2D eigenvalue weighted by molar-refractivity contribution is 5.55. The first-order valence-corrected chi connectivity index (χ1v) is 8.67. The molecule has 128 valence electrons. The minimum atomic E-state index is 0.621. The van der Waals surface area contributed by atoms with Gasteiger partial charge in [-0.1, -0.05) is 29.4 Å². The highest BCUT2D eigenvalue weighted by Crippen LogP contribution is 2.22. The van der Waals surface area contributed by atoms with Gasteiger partial charge >= 0.3 is 0 Å². The van der Waals surface area contributed by atoms with Crippen molar-refractivity contribution >= 4 is 0 Å². The number of ether oxygens (including phenoxy) is 1.